The van der Waals surface area contributed by atoms with Crippen molar-refractivity contribution >= 4 is 32.5 Å². The highest BCUT2D eigenvalue weighted by molar-refractivity contribution is 7.90. The lowest BCUT2D eigenvalue weighted by Gasteiger charge is -2.14. The lowest BCUT2D eigenvalue weighted by molar-refractivity contribution is 0.601. The van der Waals surface area contributed by atoms with Gasteiger partial charge >= 0.3 is 0 Å². The minimum atomic E-state index is -3.45. The first-order chi connectivity index (χ1) is 18.8. The Morgan fingerprint density at radius 2 is 1.59 bits per heavy atom. The second-order valence-corrected chi connectivity index (χ2v) is 11.2. The SMILES string of the molecule is CS(=O)(=O)c1cccc(-n2ncc3c(=O)n(-c4ccc(Cl)cc4)c(-c4ccc(-c5cnccn5)cc4)nc32)c1. The molecule has 0 amide bonds. The van der Waals surface area contributed by atoms with E-state index in [1.807, 2.05) is 24.3 Å². The summed E-state index contributed by atoms with van der Waals surface area (Å²) in [4.78, 5) is 27.4. The quantitative estimate of drug-likeness (QED) is 0.302. The van der Waals surface area contributed by atoms with Crippen molar-refractivity contribution in [3.63, 3.8) is 0 Å². The predicted octanol–water partition coefficient (Wildman–Crippen LogP) is 4.75. The minimum absolute atomic E-state index is 0.137. The number of hydrogen-bond acceptors (Lipinski definition) is 7. The number of halogens is 1. The highest BCUT2D eigenvalue weighted by atomic mass is 35.5. The van der Waals surface area contributed by atoms with E-state index < -0.39 is 9.84 Å². The number of fused-ring (bicyclic) bond motifs is 1. The lowest BCUT2D eigenvalue weighted by atomic mass is 10.1. The number of hydrogen-bond donors (Lipinski definition) is 0. The Balaban J connectivity index is 1.59. The summed E-state index contributed by atoms with van der Waals surface area (Å²) >= 11 is 6.11. The van der Waals surface area contributed by atoms with E-state index in [0.717, 1.165) is 11.8 Å². The van der Waals surface area contributed by atoms with E-state index in [0.29, 0.717) is 39.1 Å². The highest BCUT2D eigenvalue weighted by Gasteiger charge is 2.19. The fraction of sp³-hybridized carbons (Fsp3) is 0.0357. The first-order valence-electron chi connectivity index (χ1n) is 11.7. The number of rotatable bonds is 5. The first-order valence-corrected chi connectivity index (χ1v) is 14.0. The predicted molar refractivity (Wildman–Crippen MR) is 149 cm³/mol. The number of aromatic nitrogens is 6. The van der Waals surface area contributed by atoms with Crippen LogP contribution in [-0.2, 0) is 9.84 Å². The summed E-state index contributed by atoms with van der Waals surface area (Å²) in [6.45, 7) is 0. The molecule has 0 N–H and O–H groups in total. The van der Waals surface area contributed by atoms with Gasteiger partial charge < -0.3 is 0 Å². The molecule has 6 rings (SSSR count). The third-order valence-electron chi connectivity index (χ3n) is 6.18. The normalized spacial score (nSPS) is 11.6. The van der Waals surface area contributed by atoms with Crippen LogP contribution in [0.5, 0.6) is 0 Å². The van der Waals surface area contributed by atoms with Gasteiger partial charge in [0.15, 0.2) is 15.5 Å². The molecule has 3 aromatic carbocycles. The van der Waals surface area contributed by atoms with E-state index in [-0.39, 0.29) is 15.8 Å². The van der Waals surface area contributed by atoms with Crippen molar-refractivity contribution in [2.75, 3.05) is 6.26 Å². The molecule has 6 aromatic rings. The van der Waals surface area contributed by atoms with Gasteiger partial charge in [0.05, 0.1) is 34.4 Å². The molecule has 39 heavy (non-hydrogen) atoms. The summed E-state index contributed by atoms with van der Waals surface area (Å²) < 4.78 is 27.3. The van der Waals surface area contributed by atoms with Crippen molar-refractivity contribution in [2.24, 2.45) is 0 Å². The fourth-order valence-electron chi connectivity index (χ4n) is 4.26. The first kappa shape index (κ1) is 24.7. The van der Waals surface area contributed by atoms with Crippen LogP contribution in [-0.4, -0.2) is 44.0 Å². The molecule has 0 atom stereocenters. The van der Waals surface area contributed by atoms with E-state index in [4.69, 9.17) is 16.6 Å². The Bertz CT molecular complexity index is 2000. The molecule has 0 fully saturated rings. The standard InChI is InChI=1S/C28H19ClN6O3S/c1-39(37,38)23-4-2-3-22(15-23)35-27-24(16-32-35)28(36)34(21-11-9-20(29)10-12-21)26(33-27)19-7-5-18(6-8-19)25-17-30-13-14-31-25/h2-17H,1H3. The zero-order valence-electron chi connectivity index (χ0n) is 20.4. The minimum Gasteiger partial charge on any atom is -0.268 e. The summed E-state index contributed by atoms with van der Waals surface area (Å²) in [5.41, 5.74) is 3.26. The number of sulfone groups is 1. The molecule has 0 bridgehead atoms. The van der Waals surface area contributed by atoms with Gasteiger partial charge in [-0.1, -0.05) is 41.9 Å². The molecule has 0 saturated carbocycles. The number of benzene rings is 3. The lowest BCUT2D eigenvalue weighted by Crippen LogP contribution is -2.22. The second-order valence-electron chi connectivity index (χ2n) is 8.78. The summed E-state index contributed by atoms with van der Waals surface area (Å²) in [7, 11) is -3.45. The topological polar surface area (TPSA) is 113 Å². The third kappa shape index (κ3) is 4.60. The fourth-order valence-corrected chi connectivity index (χ4v) is 5.05. The van der Waals surface area contributed by atoms with Gasteiger partial charge in [0.25, 0.3) is 5.56 Å². The molecule has 0 unspecified atom stereocenters. The Labute approximate surface area is 227 Å². The Hall–Kier alpha value is -4.67. The molecule has 11 heteroatoms. The third-order valence-corrected chi connectivity index (χ3v) is 7.54. The Morgan fingerprint density at radius 1 is 0.846 bits per heavy atom. The van der Waals surface area contributed by atoms with E-state index >= 15 is 0 Å². The molecule has 192 valence electrons. The average molecular weight is 555 g/mol. The van der Waals surface area contributed by atoms with Gasteiger partial charge in [-0.15, -0.1) is 0 Å². The molecule has 9 nitrogen and oxygen atoms in total. The van der Waals surface area contributed by atoms with E-state index in [1.165, 1.54) is 27.6 Å². The summed E-state index contributed by atoms with van der Waals surface area (Å²) in [5, 5.41) is 5.21. The summed E-state index contributed by atoms with van der Waals surface area (Å²) in [5.74, 6) is 0.376. The van der Waals surface area contributed by atoms with Crippen LogP contribution in [0, 0.1) is 0 Å². The van der Waals surface area contributed by atoms with Gasteiger partial charge in [0.1, 0.15) is 11.2 Å². The van der Waals surface area contributed by atoms with E-state index in [1.54, 1.807) is 55.0 Å². The van der Waals surface area contributed by atoms with Gasteiger partial charge in [0.2, 0.25) is 0 Å². The van der Waals surface area contributed by atoms with E-state index in [9.17, 15) is 13.2 Å². The van der Waals surface area contributed by atoms with Crippen LogP contribution in [0.15, 0.2) is 107 Å². The van der Waals surface area contributed by atoms with Crippen molar-refractivity contribution in [1.29, 1.82) is 0 Å². The van der Waals surface area contributed by atoms with Crippen LogP contribution < -0.4 is 5.56 Å². The van der Waals surface area contributed by atoms with Crippen LogP contribution >= 0.6 is 11.6 Å². The van der Waals surface area contributed by atoms with Gasteiger partial charge in [0, 0.05) is 34.8 Å². The summed E-state index contributed by atoms with van der Waals surface area (Å²) in [6, 6.07) is 20.7. The second kappa shape index (κ2) is 9.57. The van der Waals surface area contributed by atoms with Crippen LogP contribution in [0.1, 0.15) is 0 Å². The molecular formula is C28H19ClN6O3S. The molecule has 0 aliphatic rings. The van der Waals surface area contributed by atoms with Crippen LogP contribution in [0.3, 0.4) is 0 Å². The molecule has 0 aliphatic heterocycles. The molecule has 3 heterocycles. The molecule has 3 aromatic heterocycles. The van der Waals surface area contributed by atoms with Crippen molar-refractivity contribution in [1.82, 2.24) is 29.3 Å². The number of nitrogens with zero attached hydrogens (tertiary/aromatic N) is 6. The maximum absolute atomic E-state index is 13.9. The van der Waals surface area contributed by atoms with Gasteiger partial charge in [-0.05, 0) is 42.5 Å². The van der Waals surface area contributed by atoms with Gasteiger partial charge in [-0.3, -0.25) is 19.3 Å². The Kier molecular flexibility index (Phi) is 6.05. The van der Waals surface area contributed by atoms with Crippen molar-refractivity contribution in [3.8, 4) is 34.0 Å². The summed E-state index contributed by atoms with van der Waals surface area (Å²) in [6.07, 6.45) is 7.48. The molecule has 0 aliphatic carbocycles. The smallest absolute Gasteiger partial charge is 0.268 e. The molecule has 0 radical (unpaired) electrons. The monoisotopic (exact) mass is 554 g/mol. The molecule has 0 spiro atoms. The van der Waals surface area contributed by atoms with Crippen molar-refractivity contribution in [2.45, 2.75) is 4.90 Å². The molecular weight excluding hydrogens is 536 g/mol. The van der Waals surface area contributed by atoms with Gasteiger partial charge in [-0.25, -0.2) is 18.1 Å². The van der Waals surface area contributed by atoms with Crippen molar-refractivity contribution < 1.29 is 8.42 Å². The maximum atomic E-state index is 13.9. The Morgan fingerprint density at radius 3 is 2.28 bits per heavy atom. The largest absolute Gasteiger partial charge is 0.269 e. The van der Waals surface area contributed by atoms with Gasteiger partial charge in [-0.2, -0.15) is 5.10 Å². The highest BCUT2D eigenvalue weighted by Crippen LogP contribution is 2.27. The molecule has 0 saturated heterocycles. The van der Waals surface area contributed by atoms with E-state index in [2.05, 4.69) is 15.1 Å². The van der Waals surface area contributed by atoms with Crippen LogP contribution in [0.2, 0.25) is 5.02 Å². The maximum Gasteiger partial charge on any atom is 0.269 e. The van der Waals surface area contributed by atoms with Crippen LogP contribution in [0.4, 0.5) is 0 Å². The zero-order valence-corrected chi connectivity index (χ0v) is 22.0. The van der Waals surface area contributed by atoms with Crippen LogP contribution in [0.25, 0.3) is 45.1 Å². The average Bonchev–Trinajstić information content (AvgIpc) is 3.38. The zero-order chi connectivity index (χ0) is 27.1. The van der Waals surface area contributed by atoms with Crippen molar-refractivity contribution in [3.05, 3.63) is 113 Å².